The molecule has 2 heterocycles. The van der Waals surface area contributed by atoms with Crippen molar-refractivity contribution in [1.82, 2.24) is 15.2 Å². The largest absolute Gasteiger partial charge is 0.363 e. The van der Waals surface area contributed by atoms with Crippen LogP contribution in [0.5, 0.6) is 0 Å². The van der Waals surface area contributed by atoms with Gasteiger partial charge in [-0.2, -0.15) is 0 Å². The molecule has 0 aliphatic carbocycles. The summed E-state index contributed by atoms with van der Waals surface area (Å²) in [7, 11) is 3.92. The molecule has 0 aromatic carbocycles. The number of carbonyl (C=O) groups excluding carboxylic acids is 1. The lowest BCUT2D eigenvalue weighted by Gasteiger charge is -2.27. The fraction of sp³-hybridized carbons (Fsp3) is 0.500. The number of aromatic nitrogens is 1. The lowest BCUT2D eigenvalue weighted by atomic mass is 10.2. The van der Waals surface area contributed by atoms with Crippen LogP contribution in [0.2, 0.25) is 0 Å². The zero-order chi connectivity index (χ0) is 12.3. The van der Waals surface area contributed by atoms with Gasteiger partial charge in [-0.25, -0.2) is 4.98 Å². The second-order valence-corrected chi connectivity index (χ2v) is 4.41. The lowest BCUT2D eigenvalue weighted by molar-refractivity contribution is -0.132. The number of hydrogen-bond donors (Lipinski definition) is 1. The van der Waals surface area contributed by atoms with Crippen molar-refractivity contribution in [2.45, 2.75) is 6.54 Å². The maximum atomic E-state index is 11.6. The molecule has 1 N–H and O–H groups in total. The van der Waals surface area contributed by atoms with E-state index >= 15 is 0 Å². The molecule has 1 saturated heterocycles. The Kier molecular flexibility index (Phi) is 3.58. The summed E-state index contributed by atoms with van der Waals surface area (Å²) >= 11 is 0. The summed E-state index contributed by atoms with van der Waals surface area (Å²) in [5, 5.41) is 3.06. The Hall–Kier alpha value is -1.62. The van der Waals surface area contributed by atoms with Gasteiger partial charge in [-0.1, -0.05) is 6.07 Å². The number of carbonyl (C=O) groups is 1. The number of pyridine rings is 1. The molecule has 5 heteroatoms. The average Bonchev–Trinajstić information content (AvgIpc) is 2.33. The van der Waals surface area contributed by atoms with E-state index in [9.17, 15) is 4.79 Å². The number of rotatable bonds is 3. The van der Waals surface area contributed by atoms with Gasteiger partial charge in [-0.3, -0.25) is 4.79 Å². The van der Waals surface area contributed by atoms with E-state index in [4.69, 9.17) is 0 Å². The van der Waals surface area contributed by atoms with Crippen LogP contribution in [0, 0.1) is 0 Å². The van der Waals surface area contributed by atoms with Crippen molar-refractivity contribution in [2.75, 3.05) is 38.6 Å². The molecule has 92 valence electrons. The van der Waals surface area contributed by atoms with Crippen LogP contribution in [0.15, 0.2) is 18.3 Å². The molecule has 1 aliphatic rings. The second-order valence-electron chi connectivity index (χ2n) is 4.41. The summed E-state index contributed by atoms with van der Waals surface area (Å²) in [6, 6.07) is 4.00. The summed E-state index contributed by atoms with van der Waals surface area (Å²) in [6.45, 7) is 2.74. The van der Waals surface area contributed by atoms with E-state index in [2.05, 4.69) is 10.3 Å². The Morgan fingerprint density at radius 1 is 1.47 bits per heavy atom. The lowest BCUT2D eigenvalue weighted by Crippen LogP contribution is -2.47. The fourth-order valence-electron chi connectivity index (χ4n) is 1.81. The number of hydrogen-bond acceptors (Lipinski definition) is 4. The molecule has 17 heavy (non-hydrogen) atoms. The van der Waals surface area contributed by atoms with Crippen LogP contribution < -0.4 is 10.2 Å². The summed E-state index contributed by atoms with van der Waals surface area (Å²) < 4.78 is 0. The zero-order valence-electron chi connectivity index (χ0n) is 10.3. The molecule has 5 nitrogen and oxygen atoms in total. The molecule has 0 radical (unpaired) electrons. The van der Waals surface area contributed by atoms with E-state index < -0.39 is 0 Å². The first-order valence-electron chi connectivity index (χ1n) is 5.77. The van der Waals surface area contributed by atoms with E-state index in [1.807, 2.05) is 42.2 Å². The standard InChI is InChI=1S/C12H18N4O/c1-15(2)11-4-3-10(7-14-11)9-16-6-5-13-8-12(16)17/h3-4,7,13H,5-6,8-9H2,1-2H3. The monoisotopic (exact) mass is 234 g/mol. The van der Waals surface area contributed by atoms with Crippen molar-refractivity contribution >= 4 is 11.7 Å². The van der Waals surface area contributed by atoms with Crippen molar-refractivity contribution < 1.29 is 4.79 Å². The summed E-state index contributed by atoms with van der Waals surface area (Å²) in [6.07, 6.45) is 1.84. The average molecular weight is 234 g/mol. The maximum Gasteiger partial charge on any atom is 0.236 e. The third-order valence-corrected chi connectivity index (χ3v) is 2.83. The highest BCUT2D eigenvalue weighted by molar-refractivity contribution is 5.78. The molecule has 1 aliphatic heterocycles. The fourth-order valence-corrected chi connectivity index (χ4v) is 1.81. The van der Waals surface area contributed by atoms with Crippen LogP contribution in [0.1, 0.15) is 5.56 Å². The molecule has 0 unspecified atom stereocenters. The van der Waals surface area contributed by atoms with Crippen molar-refractivity contribution in [1.29, 1.82) is 0 Å². The van der Waals surface area contributed by atoms with Crippen LogP contribution in [-0.2, 0) is 11.3 Å². The minimum absolute atomic E-state index is 0.160. The highest BCUT2D eigenvalue weighted by Crippen LogP contribution is 2.10. The molecule has 0 saturated carbocycles. The van der Waals surface area contributed by atoms with Gasteiger partial charge in [-0.15, -0.1) is 0 Å². The Morgan fingerprint density at radius 3 is 2.88 bits per heavy atom. The van der Waals surface area contributed by atoms with E-state index in [0.717, 1.165) is 24.5 Å². The number of anilines is 1. The van der Waals surface area contributed by atoms with Crippen LogP contribution in [-0.4, -0.2) is 49.5 Å². The predicted molar refractivity (Wildman–Crippen MR) is 66.9 cm³/mol. The van der Waals surface area contributed by atoms with Crippen LogP contribution in [0.25, 0.3) is 0 Å². The molecule has 0 bridgehead atoms. The van der Waals surface area contributed by atoms with Crippen LogP contribution in [0.3, 0.4) is 0 Å². The number of amides is 1. The predicted octanol–water partition coefficient (Wildman–Crippen LogP) is 0.0794. The minimum Gasteiger partial charge on any atom is -0.363 e. The molecular weight excluding hydrogens is 216 g/mol. The second kappa shape index (κ2) is 5.14. The topological polar surface area (TPSA) is 48.5 Å². The summed E-state index contributed by atoms with van der Waals surface area (Å²) in [4.78, 5) is 19.8. The molecule has 1 fully saturated rings. The molecule has 1 amide bonds. The van der Waals surface area contributed by atoms with Crippen molar-refractivity contribution in [3.8, 4) is 0 Å². The maximum absolute atomic E-state index is 11.6. The van der Waals surface area contributed by atoms with Crippen molar-refractivity contribution in [3.05, 3.63) is 23.9 Å². The SMILES string of the molecule is CN(C)c1ccc(CN2CCNCC2=O)cn1. The third-order valence-electron chi connectivity index (χ3n) is 2.83. The van der Waals surface area contributed by atoms with E-state index in [1.165, 1.54) is 0 Å². The smallest absolute Gasteiger partial charge is 0.236 e. The van der Waals surface area contributed by atoms with Crippen molar-refractivity contribution in [2.24, 2.45) is 0 Å². The Balaban J connectivity index is 2.00. The third kappa shape index (κ3) is 2.94. The van der Waals surface area contributed by atoms with Crippen LogP contribution in [0.4, 0.5) is 5.82 Å². The van der Waals surface area contributed by atoms with Gasteiger partial charge in [0.15, 0.2) is 0 Å². The van der Waals surface area contributed by atoms with Gasteiger partial charge in [0.05, 0.1) is 6.54 Å². The van der Waals surface area contributed by atoms with E-state index in [1.54, 1.807) is 0 Å². The first-order valence-corrected chi connectivity index (χ1v) is 5.77. The highest BCUT2D eigenvalue weighted by Gasteiger charge is 2.17. The van der Waals surface area contributed by atoms with Crippen molar-refractivity contribution in [3.63, 3.8) is 0 Å². The Bertz CT molecular complexity index is 388. The van der Waals surface area contributed by atoms with E-state index in [-0.39, 0.29) is 5.91 Å². The number of nitrogens with zero attached hydrogens (tertiary/aromatic N) is 3. The molecule has 1 aromatic rings. The highest BCUT2D eigenvalue weighted by atomic mass is 16.2. The normalized spacial score (nSPS) is 16.1. The molecule has 2 rings (SSSR count). The quantitative estimate of drug-likeness (QED) is 0.804. The van der Waals surface area contributed by atoms with Gasteiger partial charge in [0.25, 0.3) is 0 Å². The van der Waals surface area contributed by atoms with Gasteiger partial charge < -0.3 is 15.1 Å². The van der Waals surface area contributed by atoms with Gasteiger partial charge in [-0.05, 0) is 11.6 Å². The zero-order valence-corrected chi connectivity index (χ0v) is 10.3. The van der Waals surface area contributed by atoms with Gasteiger partial charge >= 0.3 is 0 Å². The Morgan fingerprint density at radius 2 is 2.29 bits per heavy atom. The first kappa shape index (κ1) is 11.9. The summed E-state index contributed by atoms with van der Waals surface area (Å²) in [5.41, 5.74) is 1.07. The molecular formula is C12H18N4O. The first-order chi connectivity index (χ1) is 8.16. The molecule has 0 atom stereocenters. The summed E-state index contributed by atoms with van der Waals surface area (Å²) in [5.74, 6) is 1.09. The van der Waals surface area contributed by atoms with Gasteiger partial charge in [0.2, 0.25) is 5.91 Å². The van der Waals surface area contributed by atoms with E-state index in [0.29, 0.717) is 13.1 Å². The molecule has 1 aromatic heterocycles. The van der Waals surface area contributed by atoms with Gasteiger partial charge in [0, 0.05) is 39.9 Å². The number of nitrogens with one attached hydrogen (secondary N) is 1. The van der Waals surface area contributed by atoms with Crippen LogP contribution >= 0.6 is 0 Å². The molecule has 0 spiro atoms. The Labute approximate surface area is 101 Å². The minimum atomic E-state index is 0.160. The van der Waals surface area contributed by atoms with Gasteiger partial charge in [0.1, 0.15) is 5.82 Å². The number of piperazine rings is 1.